The zero-order valence-electron chi connectivity index (χ0n) is 17.2. The lowest BCUT2D eigenvalue weighted by molar-refractivity contribution is -0.192. The SMILES string of the molecule is Cl.O=C(O)C(F)(F)F.O=C1NC(N[C@H]2CN3CCC2CC3)=N/C1=C\c1c[nH]c2ncccc12. The number of hydrogen-bond acceptors (Lipinski definition) is 6. The summed E-state index contributed by atoms with van der Waals surface area (Å²) in [7, 11) is 0. The predicted molar refractivity (Wildman–Crippen MR) is 117 cm³/mol. The maximum absolute atomic E-state index is 12.3. The number of aliphatic imine (C=N–C) groups is 1. The molecule has 2 bridgehead atoms. The Balaban J connectivity index is 0.000000337. The van der Waals surface area contributed by atoms with Gasteiger partial charge in [0.15, 0.2) is 0 Å². The van der Waals surface area contributed by atoms with E-state index in [1.54, 1.807) is 12.3 Å². The monoisotopic (exact) mass is 486 g/mol. The van der Waals surface area contributed by atoms with Crippen LogP contribution in [0.2, 0.25) is 0 Å². The quantitative estimate of drug-likeness (QED) is 0.482. The van der Waals surface area contributed by atoms with Crippen LogP contribution in [0.5, 0.6) is 0 Å². The number of piperidine rings is 3. The van der Waals surface area contributed by atoms with Crippen molar-refractivity contribution in [3.05, 3.63) is 35.8 Å². The predicted octanol–water partition coefficient (Wildman–Crippen LogP) is 2.13. The number of rotatable bonds is 2. The summed E-state index contributed by atoms with van der Waals surface area (Å²) in [6.45, 7) is 3.43. The molecule has 0 unspecified atom stereocenters. The summed E-state index contributed by atoms with van der Waals surface area (Å²) in [6, 6.07) is 4.24. The van der Waals surface area contributed by atoms with E-state index in [9.17, 15) is 18.0 Å². The van der Waals surface area contributed by atoms with Crippen molar-refractivity contribution >= 4 is 47.4 Å². The first-order valence-corrected chi connectivity index (χ1v) is 10.0. The molecule has 9 nitrogen and oxygen atoms in total. The van der Waals surface area contributed by atoms with Gasteiger partial charge in [-0.2, -0.15) is 13.2 Å². The van der Waals surface area contributed by atoms with Gasteiger partial charge in [0.2, 0.25) is 5.96 Å². The van der Waals surface area contributed by atoms with Crippen LogP contribution in [0.4, 0.5) is 13.2 Å². The van der Waals surface area contributed by atoms with Gasteiger partial charge >= 0.3 is 12.1 Å². The minimum atomic E-state index is -5.08. The molecule has 4 N–H and O–H groups in total. The third kappa shape index (κ3) is 5.63. The van der Waals surface area contributed by atoms with E-state index in [4.69, 9.17) is 9.90 Å². The Labute approximate surface area is 192 Å². The fourth-order valence-electron chi connectivity index (χ4n) is 4.08. The summed E-state index contributed by atoms with van der Waals surface area (Å²) in [5.41, 5.74) is 2.15. The first-order valence-electron chi connectivity index (χ1n) is 10.0. The first-order chi connectivity index (χ1) is 15.2. The molecule has 0 aliphatic carbocycles. The Morgan fingerprint density at radius 2 is 2.00 bits per heavy atom. The number of amides is 1. The molecule has 13 heteroatoms. The molecule has 1 atom stereocenters. The lowest BCUT2D eigenvalue weighted by Gasteiger charge is -2.45. The minimum Gasteiger partial charge on any atom is -0.475 e. The number of fused-ring (bicyclic) bond motifs is 4. The van der Waals surface area contributed by atoms with Gasteiger partial charge in [-0.05, 0) is 50.1 Å². The van der Waals surface area contributed by atoms with Crippen molar-refractivity contribution in [1.29, 1.82) is 0 Å². The third-order valence-corrected chi connectivity index (χ3v) is 5.69. The maximum atomic E-state index is 12.3. The summed E-state index contributed by atoms with van der Waals surface area (Å²) in [5.74, 6) is -1.67. The van der Waals surface area contributed by atoms with Gasteiger partial charge in [0.25, 0.3) is 5.91 Å². The van der Waals surface area contributed by atoms with Crippen LogP contribution in [0.1, 0.15) is 18.4 Å². The topological polar surface area (TPSA) is 123 Å². The normalized spacial score (nSPS) is 25.1. The number of H-pyrrole nitrogens is 1. The van der Waals surface area contributed by atoms with Gasteiger partial charge in [-0.3, -0.25) is 10.1 Å². The van der Waals surface area contributed by atoms with Gasteiger partial charge in [0.1, 0.15) is 11.3 Å². The molecule has 2 aromatic rings. The zero-order chi connectivity index (χ0) is 22.9. The number of carboxylic acids is 1. The number of aliphatic carboxylic acids is 1. The molecule has 4 aliphatic heterocycles. The lowest BCUT2D eigenvalue weighted by Crippen LogP contribution is -2.58. The van der Waals surface area contributed by atoms with Gasteiger partial charge in [-0.1, -0.05) is 0 Å². The second-order valence-corrected chi connectivity index (χ2v) is 7.78. The van der Waals surface area contributed by atoms with E-state index in [0.717, 1.165) is 23.1 Å². The van der Waals surface area contributed by atoms with Crippen LogP contribution in [0.3, 0.4) is 0 Å². The molecule has 4 aliphatic rings. The highest BCUT2D eigenvalue weighted by Crippen LogP contribution is 2.28. The van der Waals surface area contributed by atoms with Crippen LogP contribution in [0, 0.1) is 5.92 Å². The number of nitrogens with one attached hydrogen (secondary N) is 3. The Kier molecular flexibility index (Phi) is 7.28. The van der Waals surface area contributed by atoms with Crippen LogP contribution < -0.4 is 10.6 Å². The van der Waals surface area contributed by atoms with Crippen molar-refractivity contribution in [2.45, 2.75) is 25.1 Å². The van der Waals surface area contributed by atoms with Crippen LogP contribution >= 0.6 is 12.4 Å². The molecule has 33 heavy (non-hydrogen) atoms. The molecule has 3 fully saturated rings. The molecule has 3 saturated heterocycles. The van der Waals surface area contributed by atoms with E-state index < -0.39 is 12.1 Å². The number of alkyl halides is 3. The highest BCUT2D eigenvalue weighted by atomic mass is 35.5. The van der Waals surface area contributed by atoms with Gasteiger partial charge < -0.3 is 20.3 Å². The summed E-state index contributed by atoms with van der Waals surface area (Å²) in [4.78, 5) is 35.5. The van der Waals surface area contributed by atoms with Crippen molar-refractivity contribution < 1.29 is 27.9 Å². The van der Waals surface area contributed by atoms with E-state index in [1.165, 1.54) is 25.9 Å². The summed E-state index contributed by atoms with van der Waals surface area (Å²) in [6.07, 6.45) is 2.77. The number of pyridine rings is 1. The van der Waals surface area contributed by atoms with Crippen molar-refractivity contribution in [2.24, 2.45) is 10.9 Å². The van der Waals surface area contributed by atoms with Crippen LogP contribution in [-0.2, 0) is 9.59 Å². The molecule has 0 radical (unpaired) electrons. The molecule has 2 aromatic heterocycles. The van der Waals surface area contributed by atoms with Crippen molar-refractivity contribution in [3.8, 4) is 0 Å². The van der Waals surface area contributed by atoms with E-state index >= 15 is 0 Å². The number of nitrogens with zero attached hydrogens (tertiary/aromatic N) is 3. The van der Waals surface area contributed by atoms with Crippen molar-refractivity contribution in [3.63, 3.8) is 0 Å². The molecule has 0 saturated carbocycles. The number of guanidine groups is 1. The smallest absolute Gasteiger partial charge is 0.475 e. The number of carbonyl (C=O) groups excluding carboxylic acids is 1. The third-order valence-electron chi connectivity index (χ3n) is 5.69. The van der Waals surface area contributed by atoms with Crippen LogP contribution in [0.15, 0.2) is 35.2 Å². The molecule has 6 rings (SSSR count). The summed E-state index contributed by atoms with van der Waals surface area (Å²) >= 11 is 0. The van der Waals surface area contributed by atoms with E-state index in [2.05, 4.69) is 30.5 Å². The zero-order valence-corrected chi connectivity index (χ0v) is 18.0. The first kappa shape index (κ1) is 24.5. The van der Waals surface area contributed by atoms with Crippen LogP contribution in [0.25, 0.3) is 17.1 Å². The molecular formula is C20H22ClF3N6O3. The Morgan fingerprint density at radius 3 is 2.61 bits per heavy atom. The minimum absolute atomic E-state index is 0. The Bertz CT molecular complexity index is 1090. The highest BCUT2D eigenvalue weighted by Gasteiger charge is 2.38. The number of aromatic nitrogens is 2. The van der Waals surface area contributed by atoms with Crippen molar-refractivity contribution in [2.75, 3.05) is 19.6 Å². The van der Waals surface area contributed by atoms with E-state index in [1.807, 2.05) is 18.3 Å². The summed E-state index contributed by atoms with van der Waals surface area (Å²) < 4.78 is 31.7. The van der Waals surface area contributed by atoms with Crippen molar-refractivity contribution in [1.82, 2.24) is 25.5 Å². The average Bonchev–Trinajstić information content (AvgIpc) is 3.32. The summed E-state index contributed by atoms with van der Waals surface area (Å²) in [5, 5.41) is 14.4. The van der Waals surface area contributed by atoms with Gasteiger partial charge in [0, 0.05) is 35.9 Å². The van der Waals surface area contributed by atoms with E-state index in [-0.39, 0.29) is 18.3 Å². The molecular weight excluding hydrogens is 465 g/mol. The number of carboxylic acid groups (broad SMARTS) is 1. The van der Waals surface area contributed by atoms with E-state index in [0.29, 0.717) is 23.6 Å². The highest BCUT2D eigenvalue weighted by molar-refractivity contribution is 6.14. The fraction of sp³-hybridized carbons (Fsp3) is 0.400. The molecule has 0 aromatic carbocycles. The largest absolute Gasteiger partial charge is 0.490 e. The second kappa shape index (κ2) is 9.79. The average molecular weight is 487 g/mol. The number of halogens is 4. The molecule has 1 amide bonds. The Morgan fingerprint density at radius 1 is 1.30 bits per heavy atom. The number of hydrogen-bond donors (Lipinski definition) is 4. The number of carbonyl (C=O) groups is 2. The van der Waals surface area contributed by atoms with Gasteiger partial charge in [0.05, 0.1) is 0 Å². The Hall–Kier alpha value is -3.12. The second-order valence-electron chi connectivity index (χ2n) is 7.78. The fourth-order valence-corrected chi connectivity index (χ4v) is 4.08. The van der Waals surface area contributed by atoms with Gasteiger partial charge in [-0.25, -0.2) is 14.8 Å². The molecule has 6 heterocycles. The van der Waals surface area contributed by atoms with Gasteiger partial charge in [-0.15, -0.1) is 12.4 Å². The van der Waals surface area contributed by atoms with Crippen LogP contribution in [-0.4, -0.2) is 69.7 Å². The molecule has 0 spiro atoms. The molecule has 178 valence electrons. The number of aromatic amines is 1. The maximum Gasteiger partial charge on any atom is 0.490 e. The standard InChI is InChI=1S/C18H20N6O.C2HF3O2.ClH/c25-17-14(8-12-9-20-16-13(12)2-1-5-19-16)21-18(23-17)22-15-10-24-6-3-11(15)4-7-24;3-2(4,5)1(6)7;/h1-2,5,8-9,11,15H,3-4,6-7,10H2,(H,19,20)(H2,21,22,23,25);(H,6,7);1H/b14-8-;;/t15-;;/m0../s1. The lowest BCUT2D eigenvalue weighted by atomic mass is 9.84.